The van der Waals surface area contributed by atoms with Crippen molar-refractivity contribution in [3.8, 4) is 11.5 Å². The zero-order chi connectivity index (χ0) is 18.8. The second-order valence-electron chi connectivity index (χ2n) is 6.56. The maximum absolute atomic E-state index is 11.4. The highest BCUT2D eigenvalue weighted by molar-refractivity contribution is 5.96. The molecule has 2 aromatic heterocycles. The lowest BCUT2D eigenvalue weighted by molar-refractivity contribution is 0.0336. The Balaban J connectivity index is 1.60. The van der Waals surface area contributed by atoms with Gasteiger partial charge < -0.3 is 19.1 Å². The average Bonchev–Trinajstić information content (AvgIpc) is 3.01. The number of nitrogens with zero attached hydrogens (tertiary/aromatic N) is 3. The van der Waals surface area contributed by atoms with Gasteiger partial charge in [0.2, 0.25) is 0 Å². The van der Waals surface area contributed by atoms with Crippen LogP contribution in [0.3, 0.4) is 0 Å². The van der Waals surface area contributed by atoms with Crippen LogP contribution in [-0.2, 0) is 18.3 Å². The molecule has 27 heavy (non-hydrogen) atoms. The quantitative estimate of drug-likeness (QED) is 0.747. The summed E-state index contributed by atoms with van der Waals surface area (Å²) < 4.78 is 13.1. The number of hydrogen-bond acceptors (Lipinski definition) is 5. The van der Waals surface area contributed by atoms with Crippen LogP contribution < -0.4 is 4.74 Å². The number of carbonyl (C=O) groups is 1. The Morgan fingerprint density at radius 2 is 2.07 bits per heavy atom. The number of fused-ring (bicyclic) bond motifs is 1. The number of aromatic nitrogens is 2. The Labute approximate surface area is 156 Å². The fourth-order valence-electron chi connectivity index (χ4n) is 3.39. The molecule has 0 saturated carbocycles. The van der Waals surface area contributed by atoms with Crippen molar-refractivity contribution in [3.63, 3.8) is 0 Å². The molecule has 3 aromatic rings. The minimum atomic E-state index is -0.962. The molecule has 7 heteroatoms. The summed E-state index contributed by atoms with van der Waals surface area (Å²) in [5, 5.41) is 10.2. The molecular weight excluding hydrogens is 346 g/mol. The van der Waals surface area contributed by atoms with Gasteiger partial charge in [0.05, 0.1) is 24.4 Å². The van der Waals surface area contributed by atoms with E-state index in [1.54, 1.807) is 23.9 Å². The number of pyridine rings is 1. The number of carboxylic acids is 1. The highest BCUT2D eigenvalue weighted by atomic mass is 16.5. The van der Waals surface area contributed by atoms with Gasteiger partial charge in [-0.3, -0.25) is 9.88 Å². The third-order valence-electron chi connectivity index (χ3n) is 4.74. The van der Waals surface area contributed by atoms with Gasteiger partial charge in [-0.25, -0.2) is 4.79 Å². The molecule has 1 fully saturated rings. The summed E-state index contributed by atoms with van der Waals surface area (Å²) in [7, 11) is 1.73. The number of aryl methyl sites for hydroxylation is 1. The molecule has 1 aliphatic rings. The summed E-state index contributed by atoms with van der Waals surface area (Å²) >= 11 is 0. The number of benzene rings is 1. The molecule has 4 rings (SSSR count). The molecule has 0 atom stereocenters. The summed E-state index contributed by atoms with van der Waals surface area (Å²) in [6.45, 7) is 4.04. The highest BCUT2D eigenvalue weighted by Gasteiger charge is 2.16. The molecule has 0 radical (unpaired) electrons. The first-order valence-electron chi connectivity index (χ1n) is 8.86. The molecule has 1 aliphatic heterocycles. The van der Waals surface area contributed by atoms with Crippen LogP contribution in [0.2, 0.25) is 0 Å². The van der Waals surface area contributed by atoms with Crippen molar-refractivity contribution in [1.82, 2.24) is 14.5 Å². The summed E-state index contributed by atoms with van der Waals surface area (Å²) in [5.74, 6) is 0.334. The lowest BCUT2D eigenvalue weighted by Gasteiger charge is -2.26. The molecule has 0 aliphatic carbocycles. The third-order valence-corrected chi connectivity index (χ3v) is 4.74. The maximum Gasteiger partial charge on any atom is 0.352 e. The summed E-state index contributed by atoms with van der Waals surface area (Å²) in [4.78, 5) is 18.1. The van der Waals surface area contributed by atoms with Crippen LogP contribution in [0.4, 0.5) is 0 Å². The van der Waals surface area contributed by atoms with E-state index in [-0.39, 0.29) is 5.69 Å². The van der Waals surface area contributed by atoms with Crippen LogP contribution in [0, 0.1) is 0 Å². The van der Waals surface area contributed by atoms with Crippen molar-refractivity contribution in [2.45, 2.75) is 6.54 Å². The number of rotatable bonds is 5. The van der Waals surface area contributed by atoms with Crippen molar-refractivity contribution >= 4 is 16.9 Å². The summed E-state index contributed by atoms with van der Waals surface area (Å²) in [6.07, 6.45) is 1.74. The second-order valence-corrected chi connectivity index (χ2v) is 6.56. The first kappa shape index (κ1) is 17.5. The maximum atomic E-state index is 11.4. The van der Waals surface area contributed by atoms with Crippen LogP contribution in [-0.4, -0.2) is 51.8 Å². The zero-order valence-corrected chi connectivity index (χ0v) is 15.1. The van der Waals surface area contributed by atoms with Crippen LogP contribution in [0.25, 0.3) is 10.9 Å². The lowest BCUT2D eigenvalue weighted by atomic mass is 10.2. The van der Waals surface area contributed by atoms with Gasteiger partial charge in [-0.2, -0.15) is 0 Å². The molecule has 1 aromatic carbocycles. The lowest BCUT2D eigenvalue weighted by Crippen LogP contribution is -2.35. The molecular formula is C20H21N3O4. The van der Waals surface area contributed by atoms with Gasteiger partial charge in [-0.05, 0) is 18.2 Å². The zero-order valence-electron chi connectivity index (χ0n) is 15.1. The predicted octanol–water partition coefficient (Wildman–Crippen LogP) is 2.90. The number of aromatic carboxylic acids is 1. The van der Waals surface area contributed by atoms with Gasteiger partial charge in [-0.1, -0.05) is 12.1 Å². The molecule has 0 unspecified atom stereocenters. The van der Waals surface area contributed by atoms with Gasteiger partial charge >= 0.3 is 5.97 Å². The van der Waals surface area contributed by atoms with E-state index in [9.17, 15) is 9.90 Å². The van der Waals surface area contributed by atoms with E-state index in [2.05, 4.69) is 9.88 Å². The van der Waals surface area contributed by atoms with Crippen LogP contribution in [0.15, 0.2) is 42.6 Å². The molecule has 7 nitrogen and oxygen atoms in total. The average molecular weight is 367 g/mol. The van der Waals surface area contributed by atoms with Gasteiger partial charge in [-0.15, -0.1) is 0 Å². The number of hydrogen-bond donors (Lipinski definition) is 1. The van der Waals surface area contributed by atoms with Gasteiger partial charge in [0, 0.05) is 44.3 Å². The molecule has 3 heterocycles. The predicted molar refractivity (Wildman–Crippen MR) is 100 cm³/mol. The first-order valence-corrected chi connectivity index (χ1v) is 8.86. The van der Waals surface area contributed by atoms with Gasteiger partial charge in [0.15, 0.2) is 5.75 Å². The highest BCUT2D eigenvalue weighted by Crippen LogP contribution is 2.32. The van der Waals surface area contributed by atoms with E-state index in [0.717, 1.165) is 49.4 Å². The molecule has 140 valence electrons. The Morgan fingerprint density at radius 1 is 1.26 bits per heavy atom. The minimum Gasteiger partial charge on any atom is -0.477 e. The van der Waals surface area contributed by atoms with Gasteiger partial charge in [0.25, 0.3) is 0 Å². The van der Waals surface area contributed by atoms with E-state index in [4.69, 9.17) is 9.47 Å². The first-order chi connectivity index (χ1) is 13.1. The van der Waals surface area contributed by atoms with Crippen molar-refractivity contribution < 1.29 is 19.4 Å². The van der Waals surface area contributed by atoms with Crippen molar-refractivity contribution in [3.05, 3.63) is 54.0 Å². The van der Waals surface area contributed by atoms with E-state index < -0.39 is 5.97 Å². The second kappa shape index (κ2) is 7.38. The monoisotopic (exact) mass is 367 g/mol. The SMILES string of the molecule is Cn1c(C(=O)O)cc2cccc(Oc3ccnc(CN4CCOCC4)c3)c21. The Bertz CT molecular complexity index is 977. The fraction of sp³-hybridized carbons (Fsp3) is 0.300. The normalized spacial score (nSPS) is 15.1. The number of morpholine rings is 1. The van der Waals surface area contributed by atoms with E-state index in [1.165, 1.54) is 0 Å². The smallest absolute Gasteiger partial charge is 0.352 e. The Morgan fingerprint density at radius 3 is 2.85 bits per heavy atom. The van der Waals surface area contributed by atoms with Gasteiger partial charge in [0.1, 0.15) is 11.4 Å². The number of carboxylic acid groups (broad SMARTS) is 1. The van der Waals surface area contributed by atoms with Crippen molar-refractivity contribution in [2.75, 3.05) is 26.3 Å². The molecule has 0 amide bonds. The third kappa shape index (κ3) is 3.65. The summed E-state index contributed by atoms with van der Waals surface area (Å²) in [6, 6.07) is 11.0. The molecule has 1 N–H and O–H groups in total. The van der Waals surface area contributed by atoms with E-state index in [0.29, 0.717) is 11.5 Å². The fourth-order valence-corrected chi connectivity index (χ4v) is 3.39. The van der Waals surface area contributed by atoms with E-state index in [1.807, 2.05) is 30.3 Å². The standard InChI is InChI=1S/C20H21N3O4/c1-22-17(20(24)25)11-14-3-2-4-18(19(14)22)27-16-5-6-21-15(12-16)13-23-7-9-26-10-8-23/h2-6,11-12H,7-10,13H2,1H3,(H,24,25). The topological polar surface area (TPSA) is 76.8 Å². The van der Waals surface area contributed by atoms with E-state index >= 15 is 0 Å². The molecule has 0 spiro atoms. The minimum absolute atomic E-state index is 0.226. The number of ether oxygens (including phenoxy) is 2. The van der Waals surface area contributed by atoms with Crippen LogP contribution in [0.1, 0.15) is 16.2 Å². The van der Waals surface area contributed by atoms with Crippen molar-refractivity contribution in [1.29, 1.82) is 0 Å². The van der Waals surface area contributed by atoms with Crippen molar-refractivity contribution in [2.24, 2.45) is 7.05 Å². The molecule has 0 bridgehead atoms. The Kier molecular flexibility index (Phi) is 4.79. The number of para-hydroxylation sites is 1. The largest absolute Gasteiger partial charge is 0.477 e. The molecule has 1 saturated heterocycles. The van der Waals surface area contributed by atoms with Crippen LogP contribution >= 0.6 is 0 Å². The van der Waals surface area contributed by atoms with Crippen LogP contribution in [0.5, 0.6) is 11.5 Å². The Hall–Kier alpha value is -2.90. The summed E-state index contributed by atoms with van der Waals surface area (Å²) in [5.41, 5.74) is 1.91.